The predicted octanol–water partition coefficient (Wildman–Crippen LogP) is 0.840. The number of carbonyl (C=O) groups excluding carboxylic acids is 1. The summed E-state index contributed by atoms with van der Waals surface area (Å²) in [6.07, 6.45) is 2.75. The zero-order chi connectivity index (χ0) is 16.1. The number of hydrogen-bond acceptors (Lipinski definition) is 3. The van der Waals surface area contributed by atoms with Crippen molar-refractivity contribution in [3.05, 3.63) is 12.7 Å². The Bertz CT molecular complexity index is 457. The number of thioether (sulfide) groups is 1. The molecule has 3 N–H and O–H groups in total. The first-order chi connectivity index (χ1) is 9.55. The molecule has 4 nitrogen and oxygen atoms in total. The van der Waals surface area contributed by atoms with Crippen molar-refractivity contribution >= 4 is 33.7 Å². The van der Waals surface area contributed by atoms with E-state index in [0.29, 0.717) is 0 Å². The van der Waals surface area contributed by atoms with Crippen LogP contribution in [0.1, 0.15) is 41.0 Å². The largest absolute Gasteiger partial charge is 0.405 e. The summed E-state index contributed by atoms with van der Waals surface area (Å²) in [6, 6.07) is -0.140. The maximum absolute atomic E-state index is 12.5. The molecule has 2 heterocycles. The fourth-order valence-corrected chi connectivity index (χ4v) is 6.84. The Morgan fingerprint density at radius 1 is 1.57 bits per heavy atom. The van der Waals surface area contributed by atoms with Crippen LogP contribution in [-0.2, 0) is 9.53 Å². The highest BCUT2D eigenvalue weighted by Crippen LogP contribution is 2.34. The summed E-state index contributed by atoms with van der Waals surface area (Å²) in [6.45, 7) is 14.5. The lowest BCUT2D eigenvalue weighted by Crippen LogP contribution is -3.40. The Balaban J connectivity index is 2.46. The number of nitrogens with two attached hydrogens (primary N) is 1. The Kier molecular flexibility index (Phi) is 4.58. The fraction of sp³-hybridized carbons (Fsp3) is 0.800. The van der Waals surface area contributed by atoms with Gasteiger partial charge in [-0.25, -0.2) is 9.69 Å². The van der Waals surface area contributed by atoms with E-state index >= 15 is 0 Å². The molecule has 2 saturated heterocycles. The van der Waals surface area contributed by atoms with Gasteiger partial charge in [0.05, 0.1) is 22.4 Å². The van der Waals surface area contributed by atoms with Crippen LogP contribution in [0.5, 0.6) is 0 Å². The molecule has 2 aliphatic rings. The summed E-state index contributed by atoms with van der Waals surface area (Å²) in [5.41, 5.74) is -0.482. The van der Waals surface area contributed by atoms with Crippen molar-refractivity contribution in [2.24, 2.45) is 5.92 Å². The van der Waals surface area contributed by atoms with Gasteiger partial charge < -0.3 is 4.74 Å². The molecule has 0 aromatic carbocycles. The number of alkyl halides is 1. The van der Waals surface area contributed by atoms with Gasteiger partial charge in [0.2, 0.25) is 0 Å². The van der Waals surface area contributed by atoms with E-state index in [9.17, 15) is 4.79 Å². The first-order valence-corrected chi connectivity index (χ1v) is 9.24. The zero-order valence-electron chi connectivity index (χ0n) is 13.5. The van der Waals surface area contributed by atoms with Crippen molar-refractivity contribution < 1.29 is 19.7 Å². The van der Waals surface area contributed by atoms with Crippen molar-refractivity contribution in [1.82, 2.24) is 0 Å². The lowest BCUT2D eigenvalue weighted by Gasteiger charge is -2.49. The molecule has 0 radical (unpaired) electrons. The third-order valence-electron chi connectivity index (χ3n) is 4.28. The molecule has 0 bridgehead atoms. The molecule has 6 heteroatoms. The van der Waals surface area contributed by atoms with Gasteiger partial charge in [-0.3, -0.25) is 5.32 Å². The minimum atomic E-state index is -0.484. The number of quaternary nitrogens is 2. The monoisotopic (exact) mass is 378 g/mol. The Morgan fingerprint density at radius 3 is 2.71 bits per heavy atom. The standard InChI is InChI=1S/C15H25BrN2O2S/c1-7-8-21-15(16)17-13(4,5)9-14(6)18(15)11(10(2)3)12(19)20-14/h7,10-11,17H,1,8-9H2,2-6H3/p+2/t11-,14+,15-/m1/s1. The van der Waals surface area contributed by atoms with Crippen molar-refractivity contribution in [2.75, 3.05) is 5.75 Å². The maximum Gasteiger partial charge on any atom is 0.370 e. The molecule has 0 spiro atoms. The number of nitrogens with one attached hydrogen (secondary N) is 1. The number of fused-ring (bicyclic) bond motifs is 1. The summed E-state index contributed by atoms with van der Waals surface area (Å²) >= 11 is 5.72. The number of ether oxygens (including phenoxy) is 1. The highest BCUT2D eigenvalue weighted by molar-refractivity contribution is 9.11. The SMILES string of the molecule is C=CCS[C@]1(Br)[NH2+]C(C)(C)C[C@]2(C)OC(=O)[C@@H](C(C)C)[NH+]12. The molecule has 2 rings (SSSR count). The van der Waals surface area contributed by atoms with Crippen LogP contribution in [-0.4, -0.2) is 32.9 Å². The van der Waals surface area contributed by atoms with Crippen molar-refractivity contribution in [3.8, 4) is 0 Å². The third kappa shape index (κ3) is 3.05. The van der Waals surface area contributed by atoms with E-state index in [1.165, 1.54) is 4.90 Å². The number of halogens is 1. The quantitative estimate of drug-likeness (QED) is 0.329. The highest BCUT2D eigenvalue weighted by atomic mass is 79.9. The van der Waals surface area contributed by atoms with E-state index in [1.807, 2.05) is 6.08 Å². The topological polar surface area (TPSA) is 47.3 Å². The zero-order valence-corrected chi connectivity index (χ0v) is 15.9. The van der Waals surface area contributed by atoms with Crippen LogP contribution in [0, 0.1) is 5.92 Å². The summed E-state index contributed by atoms with van der Waals surface area (Å²) in [5, 5.41) is 2.34. The number of hydrogen-bond donors (Lipinski definition) is 2. The summed E-state index contributed by atoms with van der Waals surface area (Å²) in [7, 11) is 0. The average Bonchev–Trinajstić information content (AvgIpc) is 2.55. The van der Waals surface area contributed by atoms with E-state index in [2.05, 4.69) is 62.4 Å². The smallest absolute Gasteiger partial charge is 0.370 e. The second kappa shape index (κ2) is 5.55. The number of carbonyl (C=O) groups is 1. The van der Waals surface area contributed by atoms with E-state index in [0.717, 1.165) is 12.2 Å². The summed E-state index contributed by atoms with van der Waals surface area (Å²) in [4.78, 5) is 13.6. The predicted molar refractivity (Wildman–Crippen MR) is 89.0 cm³/mol. The molecule has 0 aromatic rings. The van der Waals surface area contributed by atoms with Crippen LogP contribution in [0.3, 0.4) is 0 Å². The molecule has 0 saturated carbocycles. The highest BCUT2D eigenvalue weighted by Gasteiger charge is 2.71. The van der Waals surface area contributed by atoms with Gasteiger partial charge in [-0.05, 0) is 25.6 Å². The minimum absolute atomic E-state index is 0.00205. The molecule has 120 valence electrons. The molecule has 4 atom stereocenters. The van der Waals surface area contributed by atoms with Crippen molar-refractivity contribution in [3.63, 3.8) is 0 Å². The van der Waals surface area contributed by atoms with Gasteiger partial charge in [0.25, 0.3) is 5.72 Å². The summed E-state index contributed by atoms with van der Waals surface area (Å²) < 4.78 is 5.54. The minimum Gasteiger partial charge on any atom is -0.405 e. The van der Waals surface area contributed by atoms with E-state index in [-0.39, 0.29) is 27.4 Å². The Hall–Kier alpha value is -0.0400. The van der Waals surface area contributed by atoms with Crippen LogP contribution in [0.4, 0.5) is 0 Å². The van der Waals surface area contributed by atoms with Gasteiger partial charge in [0.1, 0.15) is 5.54 Å². The number of rotatable bonds is 4. The summed E-state index contributed by atoms with van der Waals surface area (Å²) in [5.74, 6) is 0.998. The van der Waals surface area contributed by atoms with E-state index in [4.69, 9.17) is 4.74 Å². The third-order valence-corrected chi connectivity index (χ3v) is 6.78. The van der Waals surface area contributed by atoms with Crippen LogP contribution in [0.15, 0.2) is 12.7 Å². The van der Waals surface area contributed by atoms with Crippen LogP contribution in [0.2, 0.25) is 0 Å². The first kappa shape index (κ1) is 17.3. The van der Waals surface area contributed by atoms with E-state index in [1.54, 1.807) is 11.8 Å². The molecule has 0 amide bonds. The normalized spacial score (nSPS) is 41.8. The van der Waals surface area contributed by atoms with Crippen molar-refractivity contribution in [2.45, 2.75) is 62.2 Å². The maximum atomic E-state index is 12.5. The Labute approximate surface area is 140 Å². The van der Waals surface area contributed by atoms with Gasteiger partial charge in [-0.2, -0.15) is 0 Å². The lowest BCUT2D eigenvalue weighted by atomic mass is 9.89. The second-order valence-corrected chi connectivity index (χ2v) is 10.4. The molecular weight excluding hydrogens is 352 g/mol. The van der Waals surface area contributed by atoms with Crippen LogP contribution < -0.4 is 10.2 Å². The second-order valence-electron chi connectivity index (χ2n) is 7.34. The van der Waals surface area contributed by atoms with Gasteiger partial charge >= 0.3 is 9.87 Å². The van der Waals surface area contributed by atoms with Gasteiger partial charge in [-0.1, -0.05) is 19.9 Å². The van der Waals surface area contributed by atoms with Gasteiger partial charge in [0.15, 0.2) is 6.04 Å². The molecular formula is C15H27BrN2O2S+2. The molecule has 1 unspecified atom stereocenters. The van der Waals surface area contributed by atoms with Crippen LogP contribution in [0.25, 0.3) is 0 Å². The first-order valence-electron chi connectivity index (χ1n) is 7.46. The van der Waals surface area contributed by atoms with Gasteiger partial charge in [-0.15, -0.1) is 6.58 Å². The van der Waals surface area contributed by atoms with Crippen molar-refractivity contribution in [1.29, 1.82) is 0 Å². The molecule has 21 heavy (non-hydrogen) atoms. The fourth-order valence-electron chi connectivity index (χ4n) is 3.90. The Morgan fingerprint density at radius 2 is 2.19 bits per heavy atom. The molecule has 0 aliphatic carbocycles. The van der Waals surface area contributed by atoms with E-state index < -0.39 is 5.72 Å². The molecule has 2 fully saturated rings. The molecule has 2 aliphatic heterocycles. The van der Waals surface area contributed by atoms with Gasteiger partial charge in [0, 0.05) is 18.6 Å². The van der Waals surface area contributed by atoms with Crippen LogP contribution >= 0.6 is 27.7 Å². The molecule has 0 aromatic heterocycles. The lowest BCUT2D eigenvalue weighted by molar-refractivity contribution is -1.11. The number of esters is 1. The average molecular weight is 379 g/mol.